The second-order valence-electron chi connectivity index (χ2n) is 5.98. The standard InChI is InChI=1S/C22H22ClNO2/c1-25-22-8-3-2-6-19(22)15-24-14-17-9-11-21(12-10-17)26-16-18-5-4-7-20(23)13-18/h2-13,24H,14-16H2,1H3. The number of halogens is 1. The summed E-state index contributed by atoms with van der Waals surface area (Å²) in [6.07, 6.45) is 0. The lowest BCUT2D eigenvalue weighted by Gasteiger charge is -2.10. The average molecular weight is 368 g/mol. The molecule has 4 heteroatoms. The van der Waals surface area contributed by atoms with Crippen LogP contribution in [0.3, 0.4) is 0 Å². The lowest BCUT2D eigenvalue weighted by Crippen LogP contribution is -2.13. The maximum Gasteiger partial charge on any atom is 0.123 e. The largest absolute Gasteiger partial charge is 0.496 e. The number of hydrogen-bond donors (Lipinski definition) is 1. The molecule has 0 saturated heterocycles. The first-order valence-corrected chi connectivity index (χ1v) is 8.91. The first-order valence-electron chi connectivity index (χ1n) is 8.53. The predicted molar refractivity (Wildman–Crippen MR) is 106 cm³/mol. The number of methoxy groups -OCH3 is 1. The van der Waals surface area contributed by atoms with E-state index in [4.69, 9.17) is 21.1 Å². The lowest BCUT2D eigenvalue weighted by molar-refractivity contribution is 0.306. The zero-order valence-electron chi connectivity index (χ0n) is 14.7. The van der Waals surface area contributed by atoms with Crippen LogP contribution in [0.15, 0.2) is 72.8 Å². The minimum Gasteiger partial charge on any atom is -0.496 e. The van der Waals surface area contributed by atoms with Gasteiger partial charge in [0.05, 0.1) is 7.11 Å². The molecule has 0 amide bonds. The summed E-state index contributed by atoms with van der Waals surface area (Å²) in [7, 11) is 1.70. The lowest BCUT2D eigenvalue weighted by atomic mass is 10.2. The normalized spacial score (nSPS) is 10.5. The van der Waals surface area contributed by atoms with E-state index in [1.54, 1.807) is 7.11 Å². The SMILES string of the molecule is COc1ccccc1CNCc1ccc(OCc2cccc(Cl)c2)cc1. The number of para-hydroxylation sites is 1. The molecule has 0 aromatic heterocycles. The second-order valence-corrected chi connectivity index (χ2v) is 6.41. The molecule has 0 bridgehead atoms. The maximum absolute atomic E-state index is 5.99. The molecule has 3 aromatic carbocycles. The van der Waals surface area contributed by atoms with Crippen LogP contribution in [-0.4, -0.2) is 7.11 Å². The summed E-state index contributed by atoms with van der Waals surface area (Å²) in [6.45, 7) is 2.05. The van der Waals surface area contributed by atoms with Gasteiger partial charge in [-0.15, -0.1) is 0 Å². The van der Waals surface area contributed by atoms with Gasteiger partial charge in [0, 0.05) is 23.7 Å². The van der Waals surface area contributed by atoms with Crippen LogP contribution in [0.1, 0.15) is 16.7 Å². The Balaban J connectivity index is 1.48. The minimum absolute atomic E-state index is 0.506. The molecule has 0 atom stereocenters. The molecule has 0 spiro atoms. The third kappa shape index (κ3) is 5.25. The maximum atomic E-state index is 5.99. The van der Waals surface area contributed by atoms with Gasteiger partial charge in [0.1, 0.15) is 18.1 Å². The molecule has 3 aromatic rings. The first kappa shape index (κ1) is 18.3. The van der Waals surface area contributed by atoms with E-state index in [1.165, 1.54) is 5.56 Å². The van der Waals surface area contributed by atoms with Crippen LogP contribution in [0.4, 0.5) is 0 Å². The van der Waals surface area contributed by atoms with Gasteiger partial charge < -0.3 is 14.8 Å². The van der Waals surface area contributed by atoms with Crippen LogP contribution in [0.2, 0.25) is 5.02 Å². The summed E-state index contributed by atoms with van der Waals surface area (Å²) in [5.74, 6) is 1.75. The Hall–Kier alpha value is -2.49. The molecule has 0 aliphatic carbocycles. The Morgan fingerprint density at radius 1 is 0.846 bits per heavy atom. The van der Waals surface area contributed by atoms with Gasteiger partial charge in [0.15, 0.2) is 0 Å². The van der Waals surface area contributed by atoms with Crippen molar-refractivity contribution in [3.05, 3.63) is 94.5 Å². The van der Waals surface area contributed by atoms with Crippen LogP contribution < -0.4 is 14.8 Å². The predicted octanol–water partition coefficient (Wildman–Crippen LogP) is 5.22. The van der Waals surface area contributed by atoms with Crippen molar-refractivity contribution in [2.75, 3.05) is 7.11 Å². The fraction of sp³-hybridized carbons (Fsp3) is 0.182. The Morgan fingerprint density at radius 3 is 2.42 bits per heavy atom. The summed E-state index contributed by atoms with van der Waals surface area (Å²) < 4.78 is 11.2. The quantitative estimate of drug-likeness (QED) is 0.592. The van der Waals surface area contributed by atoms with Gasteiger partial charge in [-0.1, -0.05) is 54.1 Å². The number of hydrogen-bond acceptors (Lipinski definition) is 3. The number of rotatable bonds is 8. The Kier molecular flexibility index (Phi) is 6.53. The fourth-order valence-electron chi connectivity index (χ4n) is 2.69. The van der Waals surface area contributed by atoms with Gasteiger partial charge in [-0.2, -0.15) is 0 Å². The van der Waals surface area contributed by atoms with Crippen molar-refractivity contribution >= 4 is 11.6 Å². The molecule has 0 saturated carbocycles. The van der Waals surface area contributed by atoms with Crippen molar-refractivity contribution in [1.82, 2.24) is 5.32 Å². The highest BCUT2D eigenvalue weighted by Gasteiger charge is 2.02. The highest BCUT2D eigenvalue weighted by atomic mass is 35.5. The van der Waals surface area contributed by atoms with Gasteiger partial charge in [0.25, 0.3) is 0 Å². The summed E-state index contributed by atoms with van der Waals surface area (Å²) in [5.41, 5.74) is 3.41. The zero-order valence-corrected chi connectivity index (χ0v) is 15.5. The minimum atomic E-state index is 0.506. The van der Waals surface area contributed by atoms with E-state index >= 15 is 0 Å². The molecule has 26 heavy (non-hydrogen) atoms. The van der Waals surface area contributed by atoms with Crippen molar-refractivity contribution in [3.8, 4) is 11.5 Å². The first-order chi connectivity index (χ1) is 12.7. The molecule has 0 aliphatic rings. The molecule has 0 unspecified atom stereocenters. The molecule has 3 nitrogen and oxygen atoms in total. The third-order valence-electron chi connectivity index (χ3n) is 4.05. The van der Waals surface area contributed by atoms with E-state index in [0.29, 0.717) is 6.61 Å². The molecular weight excluding hydrogens is 346 g/mol. The fourth-order valence-corrected chi connectivity index (χ4v) is 2.90. The van der Waals surface area contributed by atoms with E-state index in [9.17, 15) is 0 Å². The van der Waals surface area contributed by atoms with Gasteiger partial charge >= 0.3 is 0 Å². The highest BCUT2D eigenvalue weighted by molar-refractivity contribution is 6.30. The Morgan fingerprint density at radius 2 is 1.65 bits per heavy atom. The van der Waals surface area contributed by atoms with Crippen molar-refractivity contribution < 1.29 is 9.47 Å². The van der Waals surface area contributed by atoms with Crippen LogP contribution in [0.5, 0.6) is 11.5 Å². The summed E-state index contributed by atoms with van der Waals surface area (Å²) in [4.78, 5) is 0. The van der Waals surface area contributed by atoms with Gasteiger partial charge in [-0.3, -0.25) is 0 Å². The van der Waals surface area contributed by atoms with Crippen molar-refractivity contribution in [1.29, 1.82) is 0 Å². The van der Waals surface area contributed by atoms with Crippen LogP contribution in [0, 0.1) is 0 Å². The number of nitrogens with one attached hydrogen (secondary N) is 1. The highest BCUT2D eigenvalue weighted by Crippen LogP contribution is 2.18. The van der Waals surface area contributed by atoms with Crippen molar-refractivity contribution in [3.63, 3.8) is 0 Å². The van der Waals surface area contributed by atoms with Gasteiger partial charge in [0.2, 0.25) is 0 Å². The Labute approximate surface area is 159 Å². The monoisotopic (exact) mass is 367 g/mol. The molecular formula is C22H22ClNO2. The van der Waals surface area contributed by atoms with Crippen LogP contribution in [0.25, 0.3) is 0 Å². The topological polar surface area (TPSA) is 30.5 Å². The molecule has 3 rings (SSSR count). The summed E-state index contributed by atoms with van der Waals surface area (Å²) >= 11 is 5.99. The van der Waals surface area contributed by atoms with E-state index < -0.39 is 0 Å². The van der Waals surface area contributed by atoms with Crippen LogP contribution in [-0.2, 0) is 19.7 Å². The van der Waals surface area contributed by atoms with E-state index in [0.717, 1.165) is 40.7 Å². The molecule has 0 fully saturated rings. The van der Waals surface area contributed by atoms with E-state index in [1.807, 2.05) is 54.6 Å². The molecule has 0 aliphatic heterocycles. The molecule has 0 heterocycles. The Bertz CT molecular complexity index is 834. The smallest absolute Gasteiger partial charge is 0.123 e. The molecule has 134 valence electrons. The third-order valence-corrected chi connectivity index (χ3v) is 4.29. The zero-order chi connectivity index (χ0) is 18.2. The summed E-state index contributed by atoms with van der Waals surface area (Å²) in [6, 6.07) is 23.9. The number of ether oxygens (including phenoxy) is 2. The average Bonchev–Trinajstić information content (AvgIpc) is 2.68. The van der Waals surface area contributed by atoms with E-state index in [-0.39, 0.29) is 0 Å². The second kappa shape index (κ2) is 9.27. The van der Waals surface area contributed by atoms with Gasteiger partial charge in [-0.25, -0.2) is 0 Å². The summed E-state index contributed by atoms with van der Waals surface area (Å²) in [5, 5.41) is 4.17. The van der Waals surface area contributed by atoms with E-state index in [2.05, 4.69) is 23.5 Å². The molecule has 0 radical (unpaired) electrons. The van der Waals surface area contributed by atoms with Crippen LogP contribution >= 0.6 is 11.6 Å². The number of benzene rings is 3. The molecule has 1 N–H and O–H groups in total. The van der Waals surface area contributed by atoms with Crippen molar-refractivity contribution in [2.45, 2.75) is 19.7 Å². The van der Waals surface area contributed by atoms with Gasteiger partial charge in [-0.05, 0) is 41.5 Å². The van der Waals surface area contributed by atoms with Crippen molar-refractivity contribution in [2.24, 2.45) is 0 Å².